The van der Waals surface area contributed by atoms with Crippen molar-refractivity contribution in [3.05, 3.63) is 107 Å². The van der Waals surface area contributed by atoms with Crippen LogP contribution < -0.4 is 25.4 Å². The second-order valence-corrected chi connectivity index (χ2v) is 8.83. The smallest absolute Gasteiger partial charge is 0.276 e. The molecular weight excluding hydrogens is 460 g/mol. The third-order valence-electron chi connectivity index (χ3n) is 5.59. The largest absolute Gasteiger partial charge is 0.493 e. The Bertz CT molecular complexity index is 1420. The number of para-hydroxylation sites is 2. The first-order chi connectivity index (χ1) is 17.2. The molecule has 0 bridgehead atoms. The minimum Gasteiger partial charge on any atom is -0.493 e. The van der Waals surface area contributed by atoms with E-state index in [1.165, 1.54) is 11.8 Å². The average Bonchev–Trinajstić information content (AvgIpc) is 2.90. The van der Waals surface area contributed by atoms with Crippen molar-refractivity contribution in [2.75, 3.05) is 12.9 Å². The van der Waals surface area contributed by atoms with Crippen molar-refractivity contribution in [2.24, 2.45) is 10.1 Å². The molecule has 7 nitrogen and oxygen atoms in total. The summed E-state index contributed by atoms with van der Waals surface area (Å²) in [5, 5.41) is 11.3. The quantitative estimate of drug-likeness (QED) is 0.521. The van der Waals surface area contributed by atoms with Crippen LogP contribution >= 0.6 is 11.8 Å². The average molecular weight is 485 g/mol. The van der Waals surface area contributed by atoms with Gasteiger partial charge in [0.25, 0.3) is 5.91 Å². The van der Waals surface area contributed by atoms with E-state index in [2.05, 4.69) is 11.9 Å². The van der Waals surface area contributed by atoms with Gasteiger partial charge in [-0.15, -0.1) is 11.7 Å². The summed E-state index contributed by atoms with van der Waals surface area (Å²) in [6, 6.07) is 23.2. The summed E-state index contributed by atoms with van der Waals surface area (Å²) in [6.07, 6.45) is 1.15. The van der Waals surface area contributed by atoms with E-state index in [-0.39, 0.29) is 5.91 Å². The Morgan fingerprint density at radius 2 is 1.89 bits per heavy atom. The van der Waals surface area contributed by atoms with Gasteiger partial charge in [0.15, 0.2) is 22.8 Å². The molecule has 0 spiro atoms. The molecule has 0 unspecified atom stereocenters. The van der Waals surface area contributed by atoms with Crippen LogP contribution in [0.3, 0.4) is 0 Å². The first-order valence-electron chi connectivity index (χ1n) is 11.1. The van der Waals surface area contributed by atoms with Crippen LogP contribution in [0.5, 0.6) is 11.5 Å². The Labute approximate surface area is 207 Å². The molecule has 1 N–H and O–H groups in total. The van der Waals surface area contributed by atoms with Gasteiger partial charge in [-0.05, 0) is 17.7 Å². The van der Waals surface area contributed by atoms with Crippen molar-refractivity contribution in [3.63, 3.8) is 0 Å². The Balaban J connectivity index is 1.64. The Hall–Kier alpha value is -4.04. The lowest BCUT2D eigenvalue weighted by Gasteiger charge is -2.34. The van der Waals surface area contributed by atoms with E-state index in [4.69, 9.17) is 19.6 Å². The van der Waals surface area contributed by atoms with Crippen molar-refractivity contribution in [1.29, 1.82) is 0 Å². The number of carbonyl (C=O) groups is 1. The Kier molecular flexibility index (Phi) is 6.54. The second kappa shape index (κ2) is 10.1. The molecule has 1 atom stereocenters. The number of nitrogens with one attached hydrogen (secondary N) is 1. The fourth-order valence-electron chi connectivity index (χ4n) is 4.01. The lowest BCUT2D eigenvalue weighted by atomic mass is 10.1. The van der Waals surface area contributed by atoms with Gasteiger partial charge < -0.3 is 9.47 Å². The molecule has 2 aliphatic heterocycles. The monoisotopic (exact) mass is 484 g/mol. The number of hydrogen-bond acceptors (Lipinski definition) is 7. The molecule has 3 aromatic rings. The zero-order valence-corrected chi connectivity index (χ0v) is 20.0. The third-order valence-corrected chi connectivity index (χ3v) is 6.45. The topological polar surface area (TPSA) is 75.5 Å². The molecule has 0 saturated carbocycles. The van der Waals surface area contributed by atoms with Crippen LogP contribution in [-0.4, -0.2) is 28.9 Å². The number of thioether (sulfide) groups is 1. The fourth-order valence-corrected chi connectivity index (χ4v) is 4.60. The van der Waals surface area contributed by atoms with Crippen LogP contribution in [0, 0.1) is 0 Å². The van der Waals surface area contributed by atoms with Crippen LogP contribution in [0.1, 0.15) is 17.3 Å². The van der Waals surface area contributed by atoms with Gasteiger partial charge >= 0.3 is 0 Å². The summed E-state index contributed by atoms with van der Waals surface area (Å²) in [6.45, 7) is 4.12. The van der Waals surface area contributed by atoms with Crippen LogP contribution in [0.25, 0.3) is 5.70 Å². The highest BCUT2D eigenvalue weighted by Crippen LogP contribution is 2.40. The molecule has 3 aromatic carbocycles. The second-order valence-electron chi connectivity index (χ2n) is 7.82. The van der Waals surface area contributed by atoms with Gasteiger partial charge in [0.05, 0.1) is 12.5 Å². The maximum Gasteiger partial charge on any atom is 0.276 e. The normalized spacial score (nSPS) is 16.3. The number of rotatable bonds is 7. The van der Waals surface area contributed by atoms with Crippen molar-refractivity contribution in [3.8, 4) is 11.5 Å². The SMILES string of the molecule is C=CCSC1=NN2C(=c3ccccc3=N[C@H]2c2cccc(OC)c2OCc2ccccc2)C(=O)N1. The van der Waals surface area contributed by atoms with Gasteiger partial charge in [0.2, 0.25) is 0 Å². The highest BCUT2D eigenvalue weighted by molar-refractivity contribution is 8.14. The number of amides is 1. The van der Waals surface area contributed by atoms with Crippen LogP contribution in [0.2, 0.25) is 0 Å². The molecule has 0 saturated heterocycles. The van der Waals surface area contributed by atoms with Gasteiger partial charge in [0, 0.05) is 16.5 Å². The first kappa shape index (κ1) is 22.7. The maximum atomic E-state index is 13.3. The first-order valence-corrected chi connectivity index (χ1v) is 12.1. The Morgan fingerprint density at radius 3 is 2.69 bits per heavy atom. The molecule has 8 heteroatoms. The number of ether oxygens (including phenoxy) is 2. The van der Waals surface area contributed by atoms with Gasteiger partial charge in [0.1, 0.15) is 12.3 Å². The summed E-state index contributed by atoms with van der Waals surface area (Å²) in [4.78, 5) is 18.2. The number of methoxy groups -OCH3 is 1. The molecule has 1 amide bonds. The van der Waals surface area contributed by atoms with Gasteiger partial charge in [-0.3, -0.25) is 15.1 Å². The van der Waals surface area contributed by atoms with Gasteiger partial charge in [-0.25, -0.2) is 5.01 Å². The molecule has 2 aliphatic rings. The summed E-state index contributed by atoms with van der Waals surface area (Å²) in [5.41, 5.74) is 2.22. The molecule has 176 valence electrons. The standard InChI is InChI=1S/C27H24N4O3S/c1-3-16-35-27-29-26(32)23-19-12-7-8-14-21(19)28-25(31(23)30-27)20-13-9-15-22(33-2)24(20)34-17-18-10-5-4-6-11-18/h3-15,25H,1,16-17H2,2H3,(H,29,30,32)/t25-/m1/s1. The molecule has 0 fully saturated rings. The number of benzene rings is 3. The van der Waals surface area contributed by atoms with Crippen molar-refractivity contribution < 1.29 is 14.3 Å². The maximum absolute atomic E-state index is 13.3. The molecule has 0 radical (unpaired) electrons. The number of hydrazone groups is 1. The lowest BCUT2D eigenvalue weighted by molar-refractivity contribution is -0.116. The number of hydrogen-bond donors (Lipinski definition) is 1. The zero-order chi connectivity index (χ0) is 24.2. The molecule has 2 heterocycles. The molecule has 35 heavy (non-hydrogen) atoms. The van der Waals surface area contributed by atoms with Crippen molar-refractivity contribution in [1.82, 2.24) is 10.3 Å². The van der Waals surface area contributed by atoms with E-state index in [1.807, 2.05) is 72.8 Å². The summed E-state index contributed by atoms with van der Waals surface area (Å²) in [5.74, 6) is 1.53. The summed E-state index contributed by atoms with van der Waals surface area (Å²) < 4.78 is 11.9. The van der Waals surface area contributed by atoms with E-state index < -0.39 is 6.17 Å². The van der Waals surface area contributed by atoms with Crippen molar-refractivity contribution in [2.45, 2.75) is 12.8 Å². The van der Waals surface area contributed by atoms with Crippen molar-refractivity contribution >= 4 is 28.5 Å². The highest BCUT2D eigenvalue weighted by atomic mass is 32.2. The Morgan fingerprint density at radius 1 is 1.09 bits per heavy atom. The van der Waals surface area contributed by atoms with E-state index in [0.717, 1.165) is 16.3 Å². The predicted molar refractivity (Wildman–Crippen MR) is 137 cm³/mol. The van der Waals surface area contributed by atoms with Crippen LogP contribution in [-0.2, 0) is 11.4 Å². The number of fused-ring (bicyclic) bond motifs is 2. The van der Waals surface area contributed by atoms with E-state index >= 15 is 0 Å². The molecule has 0 aromatic heterocycles. The number of carbonyl (C=O) groups excluding carboxylic acids is 1. The highest BCUT2D eigenvalue weighted by Gasteiger charge is 2.36. The number of nitrogens with zero attached hydrogens (tertiary/aromatic N) is 3. The van der Waals surface area contributed by atoms with E-state index in [9.17, 15) is 4.79 Å². The van der Waals surface area contributed by atoms with Gasteiger partial charge in [-0.1, -0.05) is 78.5 Å². The zero-order valence-electron chi connectivity index (χ0n) is 19.2. The van der Waals surface area contributed by atoms with Gasteiger partial charge in [-0.2, -0.15) is 0 Å². The third kappa shape index (κ3) is 4.52. The molecular formula is C27H24N4O3S. The fraction of sp³-hybridized carbons (Fsp3) is 0.148. The predicted octanol–water partition coefficient (Wildman–Crippen LogP) is 3.34. The summed E-state index contributed by atoms with van der Waals surface area (Å²) in [7, 11) is 1.61. The minimum atomic E-state index is -0.619. The van der Waals surface area contributed by atoms with Crippen LogP contribution in [0.15, 0.2) is 95.5 Å². The molecule has 0 aliphatic carbocycles. The van der Waals surface area contributed by atoms with Crippen LogP contribution in [0.4, 0.5) is 0 Å². The molecule has 5 rings (SSSR count). The van der Waals surface area contributed by atoms with E-state index in [1.54, 1.807) is 18.2 Å². The van der Waals surface area contributed by atoms with E-state index in [0.29, 0.717) is 40.1 Å². The number of amidine groups is 1. The minimum absolute atomic E-state index is 0.228. The summed E-state index contributed by atoms with van der Waals surface area (Å²) >= 11 is 1.40. The lowest BCUT2D eigenvalue weighted by Crippen LogP contribution is -2.50.